The minimum Gasteiger partial charge on any atom is -0.508 e. The Kier molecular flexibility index (Phi) is 8.38. The molecule has 2 aromatic rings. The van der Waals surface area contributed by atoms with Crippen LogP contribution < -0.4 is 4.74 Å². The van der Waals surface area contributed by atoms with Gasteiger partial charge in [0.15, 0.2) is 0 Å². The summed E-state index contributed by atoms with van der Waals surface area (Å²) in [6, 6.07) is 13.8. The van der Waals surface area contributed by atoms with Gasteiger partial charge < -0.3 is 9.84 Å². The Bertz CT molecular complexity index is 634. The molecule has 0 unspecified atom stereocenters. The molecule has 0 heterocycles. The van der Waals surface area contributed by atoms with Gasteiger partial charge in [-0.2, -0.15) is 0 Å². The average Bonchev–Trinajstić information content (AvgIpc) is 2.63. The standard InChI is InChI=1S/C23H32O2/c1-3-5-7-12-19-14-11-17-23(21(19)15-8-6-4-2)25-18-20-13-9-10-16-22(20)24/h9-11,13-14,16-17,24H,3-8,12,15,18H2,1-2H3. The van der Waals surface area contributed by atoms with Gasteiger partial charge in [0.25, 0.3) is 0 Å². The van der Waals surface area contributed by atoms with Gasteiger partial charge in [-0.3, -0.25) is 0 Å². The van der Waals surface area contributed by atoms with Gasteiger partial charge >= 0.3 is 0 Å². The largest absolute Gasteiger partial charge is 0.508 e. The Morgan fingerprint density at radius 2 is 1.44 bits per heavy atom. The summed E-state index contributed by atoms with van der Waals surface area (Å²) in [6.07, 6.45) is 9.64. The van der Waals surface area contributed by atoms with Crippen molar-refractivity contribution >= 4 is 0 Å². The second kappa shape index (κ2) is 10.8. The Morgan fingerprint density at radius 1 is 0.760 bits per heavy atom. The van der Waals surface area contributed by atoms with Gasteiger partial charge in [0.2, 0.25) is 0 Å². The highest BCUT2D eigenvalue weighted by Gasteiger charge is 2.10. The van der Waals surface area contributed by atoms with E-state index in [2.05, 4.69) is 32.0 Å². The maximum atomic E-state index is 9.95. The summed E-state index contributed by atoms with van der Waals surface area (Å²) < 4.78 is 6.12. The van der Waals surface area contributed by atoms with Crippen LogP contribution in [0.15, 0.2) is 42.5 Å². The third kappa shape index (κ3) is 6.12. The normalized spacial score (nSPS) is 10.8. The van der Waals surface area contributed by atoms with E-state index < -0.39 is 0 Å². The van der Waals surface area contributed by atoms with Crippen LogP contribution in [0.1, 0.15) is 69.1 Å². The van der Waals surface area contributed by atoms with Crippen molar-refractivity contribution < 1.29 is 9.84 Å². The fraction of sp³-hybridized carbons (Fsp3) is 0.478. The van der Waals surface area contributed by atoms with Gasteiger partial charge in [0.05, 0.1) is 0 Å². The van der Waals surface area contributed by atoms with Gasteiger partial charge in [0, 0.05) is 5.56 Å². The molecule has 136 valence electrons. The molecule has 0 aliphatic rings. The molecule has 0 aliphatic carbocycles. The minimum absolute atomic E-state index is 0.300. The average molecular weight is 341 g/mol. The van der Waals surface area contributed by atoms with Crippen LogP contribution in [-0.4, -0.2) is 5.11 Å². The van der Waals surface area contributed by atoms with Gasteiger partial charge in [0.1, 0.15) is 18.1 Å². The summed E-state index contributed by atoms with van der Waals surface area (Å²) in [7, 11) is 0. The van der Waals surface area contributed by atoms with E-state index in [0.29, 0.717) is 12.4 Å². The number of aromatic hydroxyl groups is 1. The SMILES string of the molecule is CCCCCc1cccc(OCc2ccccc2O)c1CCCCC. The van der Waals surface area contributed by atoms with E-state index in [1.807, 2.05) is 18.2 Å². The van der Waals surface area contributed by atoms with Crippen LogP contribution in [0, 0.1) is 0 Å². The first-order chi connectivity index (χ1) is 12.3. The van der Waals surface area contributed by atoms with Crippen molar-refractivity contribution in [2.75, 3.05) is 0 Å². The van der Waals surface area contributed by atoms with E-state index >= 15 is 0 Å². The molecular weight excluding hydrogens is 308 g/mol. The van der Waals surface area contributed by atoms with Crippen LogP contribution in [0.25, 0.3) is 0 Å². The first kappa shape index (κ1) is 19.4. The van der Waals surface area contributed by atoms with Gasteiger partial charge in [-0.05, 0) is 48.9 Å². The van der Waals surface area contributed by atoms with Crippen molar-refractivity contribution in [3.8, 4) is 11.5 Å². The van der Waals surface area contributed by atoms with E-state index in [4.69, 9.17) is 4.74 Å². The monoisotopic (exact) mass is 340 g/mol. The molecule has 0 atom stereocenters. The molecule has 0 amide bonds. The quantitative estimate of drug-likeness (QED) is 0.477. The molecule has 0 spiro atoms. The van der Waals surface area contributed by atoms with E-state index in [-0.39, 0.29) is 0 Å². The lowest BCUT2D eigenvalue weighted by Crippen LogP contribution is -2.03. The molecule has 0 radical (unpaired) electrons. The molecule has 1 N–H and O–H groups in total. The number of aryl methyl sites for hydroxylation is 1. The zero-order valence-electron chi connectivity index (χ0n) is 15.8. The van der Waals surface area contributed by atoms with Crippen molar-refractivity contribution in [2.24, 2.45) is 0 Å². The highest BCUT2D eigenvalue weighted by atomic mass is 16.5. The minimum atomic E-state index is 0.300. The molecule has 2 rings (SSSR count). The lowest BCUT2D eigenvalue weighted by Gasteiger charge is -2.16. The Labute approximate surface area is 152 Å². The van der Waals surface area contributed by atoms with Crippen molar-refractivity contribution in [1.82, 2.24) is 0 Å². The third-order valence-electron chi connectivity index (χ3n) is 4.68. The van der Waals surface area contributed by atoms with Gasteiger partial charge in [-0.25, -0.2) is 0 Å². The second-order valence-corrected chi connectivity index (χ2v) is 6.73. The van der Waals surface area contributed by atoms with Crippen LogP contribution in [0.4, 0.5) is 0 Å². The molecule has 0 saturated heterocycles. The number of hydrogen-bond acceptors (Lipinski definition) is 2. The molecular formula is C23H32O2. The molecule has 25 heavy (non-hydrogen) atoms. The Morgan fingerprint density at radius 3 is 2.16 bits per heavy atom. The topological polar surface area (TPSA) is 29.5 Å². The molecule has 2 nitrogen and oxygen atoms in total. The molecule has 2 heteroatoms. The number of unbranched alkanes of at least 4 members (excludes halogenated alkanes) is 4. The molecule has 2 aromatic carbocycles. The first-order valence-corrected chi connectivity index (χ1v) is 9.76. The summed E-state index contributed by atoms with van der Waals surface area (Å²) in [5, 5.41) is 9.95. The zero-order valence-corrected chi connectivity index (χ0v) is 15.8. The number of phenolic OH excluding ortho intramolecular Hbond substituents is 1. The summed E-state index contributed by atoms with van der Waals surface area (Å²) in [6.45, 7) is 4.89. The van der Waals surface area contributed by atoms with Crippen LogP contribution in [0.2, 0.25) is 0 Å². The van der Waals surface area contributed by atoms with Crippen LogP contribution in [0.5, 0.6) is 11.5 Å². The number of rotatable bonds is 11. The van der Waals surface area contributed by atoms with Crippen molar-refractivity contribution in [3.63, 3.8) is 0 Å². The van der Waals surface area contributed by atoms with Crippen LogP contribution in [-0.2, 0) is 19.4 Å². The van der Waals surface area contributed by atoms with E-state index in [9.17, 15) is 5.11 Å². The lowest BCUT2D eigenvalue weighted by molar-refractivity contribution is 0.295. The Hall–Kier alpha value is -1.96. The maximum Gasteiger partial charge on any atom is 0.123 e. The second-order valence-electron chi connectivity index (χ2n) is 6.73. The fourth-order valence-corrected chi connectivity index (χ4v) is 3.17. The number of phenols is 1. The van der Waals surface area contributed by atoms with Crippen LogP contribution >= 0.6 is 0 Å². The van der Waals surface area contributed by atoms with Crippen molar-refractivity contribution in [2.45, 2.75) is 71.8 Å². The number of ether oxygens (including phenoxy) is 1. The number of benzene rings is 2. The van der Waals surface area contributed by atoms with Crippen LogP contribution in [0.3, 0.4) is 0 Å². The zero-order chi connectivity index (χ0) is 17.9. The summed E-state index contributed by atoms with van der Waals surface area (Å²) in [5.41, 5.74) is 3.63. The predicted octanol–water partition coefficient (Wildman–Crippen LogP) is 6.44. The van der Waals surface area contributed by atoms with Crippen molar-refractivity contribution in [1.29, 1.82) is 0 Å². The van der Waals surface area contributed by atoms with E-state index in [1.54, 1.807) is 6.07 Å². The molecule has 0 aromatic heterocycles. The third-order valence-corrected chi connectivity index (χ3v) is 4.68. The van der Waals surface area contributed by atoms with E-state index in [1.165, 1.54) is 49.7 Å². The maximum absolute atomic E-state index is 9.95. The molecule has 0 aliphatic heterocycles. The summed E-state index contributed by atoms with van der Waals surface area (Å²) in [4.78, 5) is 0. The van der Waals surface area contributed by atoms with E-state index in [0.717, 1.165) is 24.2 Å². The predicted molar refractivity (Wildman–Crippen MR) is 105 cm³/mol. The lowest BCUT2D eigenvalue weighted by atomic mass is 9.96. The Balaban J connectivity index is 2.13. The highest BCUT2D eigenvalue weighted by molar-refractivity contribution is 5.41. The molecule has 0 bridgehead atoms. The van der Waals surface area contributed by atoms with Gasteiger partial charge in [-0.15, -0.1) is 0 Å². The van der Waals surface area contributed by atoms with Crippen molar-refractivity contribution in [3.05, 3.63) is 59.2 Å². The summed E-state index contributed by atoms with van der Waals surface area (Å²) in [5.74, 6) is 1.28. The smallest absolute Gasteiger partial charge is 0.123 e. The molecule has 0 saturated carbocycles. The molecule has 0 fully saturated rings. The highest BCUT2D eigenvalue weighted by Crippen LogP contribution is 2.28. The van der Waals surface area contributed by atoms with Gasteiger partial charge in [-0.1, -0.05) is 69.9 Å². The number of hydrogen-bond donors (Lipinski definition) is 1. The number of para-hydroxylation sites is 1. The first-order valence-electron chi connectivity index (χ1n) is 9.76. The summed E-state index contributed by atoms with van der Waals surface area (Å²) >= 11 is 0. The fourth-order valence-electron chi connectivity index (χ4n) is 3.17.